The van der Waals surface area contributed by atoms with E-state index in [4.69, 9.17) is 10.5 Å². The Kier molecular flexibility index (Phi) is 6.38. The van der Waals surface area contributed by atoms with E-state index in [0.29, 0.717) is 5.41 Å². The molecule has 0 radical (unpaired) electrons. The van der Waals surface area contributed by atoms with Crippen LogP contribution < -0.4 is 4.72 Å². The van der Waals surface area contributed by atoms with E-state index in [0.717, 1.165) is 30.4 Å². The number of amides is 1. The number of carbonyl (C=O) groups is 1. The molecular weight excluding hydrogens is 388 g/mol. The third kappa shape index (κ3) is 5.59. The lowest BCUT2D eigenvalue weighted by molar-refractivity contribution is -0.114. The van der Waals surface area contributed by atoms with Crippen LogP contribution in [0.25, 0.3) is 12.2 Å². The lowest BCUT2D eigenvalue weighted by Gasteiger charge is -2.01. The molecule has 0 aliphatic rings. The van der Waals surface area contributed by atoms with Gasteiger partial charge in [-0.15, -0.1) is 0 Å². The summed E-state index contributed by atoms with van der Waals surface area (Å²) in [6.45, 7) is 0. The number of benzene rings is 2. The largest absolute Gasteiger partial charge is 0.269 e. The number of sulfonamides is 1. The van der Waals surface area contributed by atoms with Gasteiger partial charge in [-0.25, -0.2) is 21.9 Å². The van der Waals surface area contributed by atoms with Gasteiger partial charge in [0.15, 0.2) is 0 Å². The maximum absolute atomic E-state index is 13.7. The standard InChI is InChI=1S/C19H11F2N3O3S/c20-17-9-13(11-22)1-3-15(17)5-6-19(25)24-28(26,27)8-7-16-4-2-14(12-23)10-18(16)21/h1-10H,(H,24,25)/b6-5+,8-7-. The number of nitrogens with one attached hydrogen (secondary N) is 1. The highest BCUT2D eigenvalue weighted by Crippen LogP contribution is 2.13. The summed E-state index contributed by atoms with van der Waals surface area (Å²) in [5.41, 5.74) is 0.0709. The number of hydrogen-bond acceptors (Lipinski definition) is 5. The minimum Gasteiger partial charge on any atom is -0.269 e. The van der Waals surface area contributed by atoms with Crippen molar-refractivity contribution < 1.29 is 22.0 Å². The quantitative estimate of drug-likeness (QED) is 0.777. The second-order valence-corrected chi connectivity index (χ2v) is 6.91. The van der Waals surface area contributed by atoms with Crippen LogP contribution in [0.5, 0.6) is 0 Å². The molecule has 1 amide bonds. The highest BCUT2D eigenvalue weighted by atomic mass is 32.2. The van der Waals surface area contributed by atoms with Crippen LogP contribution >= 0.6 is 0 Å². The van der Waals surface area contributed by atoms with Gasteiger partial charge in [0.2, 0.25) is 0 Å². The van der Waals surface area contributed by atoms with Gasteiger partial charge >= 0.3 is 0 Å². The van der Waals surface area contributed by atoms with Crippen LogP contribution in [0.1, 0.15) is 22.3 Å². The molecule has 140 valence electrons. The van der Waals surface area contributed by atoms with Gasteiger partial charge in [-0.05, 0) is 36.4 Å². The van der Waals surface area contributed by atoms with Crippen molar-refractivity contribution in [3.8, 4) is 12.1 Å². The van der Waals surface area contributed by atoms with Crippen molar-refractivity contribution >= 4 is 28.1 Å². The zero-order valence-electron chi connectivity index (χ0n) is 14.1. The molecule has 0 atom stereocenters. The van der Waals surface area contributed by atoms with E-state index in [-0.39, 0.29) is 22.3 Å². The van der Waals surface area contributed by atoms with Crippen molar-refractivity contribution in [3.63, 3.8) is 0 Å². The van der Waals surface area contributed by atoms with Gasteiger partial charge < -0.3 is 0 Å². The zero-order chi connectivity index (χ0) is 20.7. The molecule has 0 bridgehead atoms. The van der Waals surface area contributed by atoms with Crippen LogP contribution in [0.2, 0.25) is 0 Å². The second kappa shape index (κ2) is 8.71. The Hall–Kier alpha value is -3.82. The van der Waals surface area contributed by atoms with Gasteiger partial charge in [0, 0.05) is 17.2 Å². The first kappa shape index (κ1) is 20.5. The third-order valence-corrected chi connectivity index (χ3v) is 4.32. The minimum atomic E-state index is -4.24. The van der Waals surface area contributed by atoms with Crippen molar-refractivity contribution in [2.45, 2.75) is 0 Å². The molecule has 0 spiro atoms. The average Bonchev–Trinajstić information content (AvgIpc) is 2.65. The van der Waals surface area contributed by atoms with E-state index in [1.165, 1.54) is 24.3 Å². The Morgan fingerprint density at radius 1 is 0.929 bits per heavy atom. The van der Waals surface area contributed by atoms with E-state index in [1.54, 1.807) is 16.9 Å². The molecule has 0 unspecified atom stereocenters. The van der Waals surface area contributed by atoms with Crippen LogP contribution in [0, 0.1) is 34.3 Å². The van der Waals surface area contributed by atoms with Crippen molar-refractivity contribution in [1.82, 2.24) is 4.72 Å². The van der Waals surface area contributed by atoms with Gasteiger partial charge in [0.25, 0.3) is 15.9 Å². The summed E-state index contributed by atoms with van der Waals surface area (Å²) < 4.78 is 52.9. The highest BCUT2D eigenvalue weighted by molar-refractivity contribution is 7.93. The molecule has 2 rings (SSSR count). The van der Waals surface area contributed by atoms with Crippen molar-refractivity contribution in [2.75, 3.05) is 0 Å². The molecular formula is C19H11F2N3O3S. The minimum absolute atomic E-state index is 0.0123. The van der Waals surface area contributed by atoms with Gasteiger partial charge in [0.1, 0.15) is 11.6 Å². The number of rotatable bonds is 5. The molecule has 0 fully saturated rings. The van der Waals surface area contributed by atoms with Crippen LogP contribution in [-0.4, -0.2) is 14.3 Å². The number of nitriles is 2. The lowest BCUT2D eigenvalue weighted by atomic mass is 10.1. The van der Waals surface area contributed by atoms with Crippen LogP contribution in [0.15, 0.2) is 47.9 Å². The van der Waals surface area contributed by atoms with Crippen LogP contribution in [0.3, 0.4) is 0 Å². The lowest BCUT2D eigenvalue weighted by Crippen LogP contribution is -2.26. The number of carbonyl (C=O) groups excluding carboxylic acids is 1. The normalized spacial score (nSPS) is 11.3. The summed E-state index contributed by atoms with van der Waals surface area (Å²) in [5, 5.41) is 17.9. The van der Waals surface area contributed by atoms with Crippen LogP contribution in [-0.2, 0) is 14.8 Å². The fraction of sp³-hybridized carbons (Fsp3) is 0. The predicted octanol–water partition coefficient (Wildman–Crippen LogP) is 2.84. The molecule has 0 aliphatic carbocycles. The molecule has 0 aliphatic heterocycles. The number of nitrogens with zero attached hydrogens (tertiary/aromatic N) is 2. The monoisotopic (exact) mass is 399 g/mol. The van der Waals surface area contributed by atoms with Gasteiger partial charge in [-0.3, -0.25) is 4.79 Å². The molecule has 9 heteroatoms. The van der Waals surface area contributed by atoms with Crippen molar-refractivity contribution in [1.29, 1.82) is 10.5 Å². The summed E-state index contributed by atoms with van der Waals surface area (Å²) in [5.74, 6) is -2.59. The molecule has 0 aromatic heterocycles. The Morgan fingerprint density at radius 2 is 1.43 bits per heavy atom. The SMILES string of the molecule is N#Cc1ccc(/C=C\S(=O)(=O)NC(=O)/C=C/c2ccc(C#N)cc2F)c(F)c1. The molecule has 0 saturated carbocycles. The van der Waals surface area contributed by atoms with Crippen molar-refractivity contribution in [2.24, 2.45) is 0 Å². The molecule has 6 nitrogen and oxygen atoms in total. The Balaban J connectivity index is 2.08. The third-order valence-electron chi connectivity index (χ3n) is 3.34. The predicted molar refractivity (Wildman–Crippen MR) is 97.4 cm³/mol. The summed E-state index contributed by atoms with van der Waals surface area (Å²) in [6.07, 6.45) is 2.78. The smallest absolute Gasteiger partial charge is 0.257 e. The Bertz CT molecular complexity index is 1170. The van der Waals surface area contributed by atoms with E-state index in [1.807, 2.05) is 0 Å². The zero-order valence-corrected chi connectivity index (χ0v) is 14.9. The maximum Gasteiger partial charge on any atom is 0.257 e. The van der Waals surface area contributed by atoms with Gasteiger partial charge in [-0.2, -0.15) is 10.5 Å². The molecule has 2 aromatic carbocycles. The highest BCUT2D eigenvalue weighted by Gasteiger charge is 2.10. The van der Waals surface area contributed by atoms with Gasteiger partial charge in [-0.1, -0.05) is 12.1 Å². The fourth-order valence-electron chi connectivity index (χ4n) is 2.00. The topological polar surface area (TPSA) is 111 Å². The summed E-state index contributed by atoms with van der Waals surface area (Å²) in [7, 11) is -4.24. The first-order chi connectivity index (χ1) is 13.2. The summed E-state index contributed by atoms with van der Waals surface area (Å²) in [6, 6.07) is 10.5. The molecule has 0 saturated heterocycles. The first-order valence-corrected chi connectivity index (χ1v) is 9.11. The molecule has 28 heavy (non-hydrogen) atoms. The summed E-state index contributed by atoms with van der Waals surface area (Å²) >= 11 is 0. The van der Waals surface area contributed by atoms with E-state index >= 15 is 0 Å². The second-order valence-electron chi connectivity index (χ2n) is 5.34. The summed E-state index contributed by atoms with van der Waals surface area (Å²) in [4.78, 5) is 11.7. The van der Waals surface area contributed by atoms with Gasteiger partial charge in [0.05, 0.1) is 28.7 Å². The molecule has 0 heterocycles. The van der Waals surface area contributed by atoms with E-state index < -0.39 is 27.6 Å². The Labute approximate surface area is 159 Å². The first-order valence-electron chi connectivity index (χ1n) is 7.56. The molecule has 1 N–H and O–H groups in total. The Morgan fingerprint density at radius 3 is 1.89 bits per heavy atom. The average molecular weight is 399 g/mol. The number of hydrogen-bond donors (Lipinski definition) is 1. The van der Waals surface area contributed by atoms with Crippen molar-refractivity contribution in [3.05, 3.63) is 81.8 Å². The van der Waals surface area contributed by atoms with E-state index in [9.17, 15) is 22.0 Å². The maximum atomic E-state index is 13.7. The fourth-order valence-corrected chi connectivity index (χ4v) is 2.74. The number of halogens is 2. The van der Waals surface area contributed by atoms with E-state index in [2.05, 4.69) is 0 Å². The molecule has 2 aromatic rings. The van der Waals surface area contributed by atoms with Crippen LogP contribution in [0.4, 0.5) is 8.78 Å².